The number of rotatable bonds is 9. The van der Waals surface area contributed by atoms with Gasteiger partial charge in [-0.2, -0.15) is 0 Å². The minimum atomic E-state index is -0.225. The summed E-state index contributed by atoms with van der Waals surface area (Å²) in [6.45, 7) is 0.759. The Morgan fingerprint density at radius 1 is 1.10 bits per heavy atom. The first-order valence-electron chi connectivity index (χ1n) is 9.37. The van der Waals surface area contributed by atoms with Crippen molar-refractivity contribution in [2.24, 2.45) is 0 Å². The fourth-order valence-electron chi connectivity index (χ4n) is 2.65. The SMILES string of the molecule is C#CCOc1ccc(CCNC(=O)Cc2csc(NC(=O)c3ccccc3)n2)cc1. The molecule has 0 spiro atoms. The van der Waals surface area contributed by atoms with Crippen molar-refractivity contribution in [3.05, 3.63) is 76.8 Å². The normalized spacial score (nSPS) is 10.1. The van der Waals surface area contributed by atoms with Crippen molar-refractivity contribution < 1.29 is 14.3 Å². The molecule has 0 saturated heterocycles. The van der Waals surface area contributed by atoms with E-state index in [0.29, 0.717) is 29.4 Å². The second-order valence-corrected chi connectivity index (χ2v) is 7.24. The van der Waals surface area contributed by atoms with Crippen molar-refractivity contribution >= 4 is 28.3 Å². The predicted molar refractivity (Wildman–Crippen MR) is 118 cm³/mol. The summed E-state index contributed by atoms with van der Waals surface area (Å²) in [6, 6.07) is 16.5. The molecule has 2 amide bonds. The lowest BCUT2D eigenvalue weighted by Crippen LogP contribution is -2.27. The summed E-state index contributed by atoms with van der Waals surface area (Å²) in [5.41, 5.74) is 2.27. The summed E-state index contributed by atoms with van der Waals surface area (Å²) in [6.07, 6.45) is 6.03. The van der Waals surface area contributed by atoms with Crippen molar-refractivity contribution in [2.75, 3.05) is 18.5 Å². The highest BCUT2D eigenvalue weighted by Crippen LogP contribution is 2.17. The fourth-order valence-corrected chi connectivity index (χ4v) is 3.36. The van der Waals surface area contributed by atoms with E-state index >= 15 is 0 Å². The largest absolute Gasteiger partial charge is 0.481 e. The molecule has 3 rings (SSSR count). The van der Waals surface area contributed by atoms with Crippen molar-refractivity contribution in [3.8, 4) is 18.1 Å². The van der Waals surface area contributed by atoms with Crippen LogP contribution in [0.2, 0.25) is 0 Å². The van der Waals surface area contributed by atoms with Crippen molar-refractivity contribution in [1.82, 2.24) is 10.3 Å². The maximum atomic E-state index is 12.2. The Kier molecular flexibility index (Phi) is 7.58. The van der Waals surface area contributed by atoms with Gasteiger partial charge in [-0.1, -0.05) is 36.3 Å². The van der Waals surface area contributed by atoms with Crippen LogP contribution in [0.3, 0.4) is 0 Å². The Morgan fingerprint density at radius 3 is 2.60 bits per heavy atom. The maximum absolute atomic E-state index is 12.2. The van der Waals surface area contributed by atoms with Crippen LogP contribution in [0.25, 0.3) is 0 Å². The maximum Gasteiger partial charge on any atom is 0.257 e. The van der Waals surface area contributed by atoms with E-state index in [0.717, 1.165) is 11.3 Å². The number of benzene rings is 2. The van der Waals surface area contributed by atoms with Crippen molar-refractivity contribution in [1.29, 1.82) is 0 Å². The second kappa shape index (κ2) is 10.8. The van der Waals surface area contributed by atoms with Gasteiger partial charge in [0.05, 0.1) is 12.1 Å². The second-order valence-electron chi connectivity index (χ2n) is 6.38. The molecule has 0 fully saturated rings. The topological polar surface area (TPSA) is 80.3 Å². The number of carbonyl (C=O) groups excluding carboxylic acids is 2. The van der Waals surface area contributed by atoms with E-state index in [4.69, 9.17) is 11.2 Å². The van der Waals surface area contributed by atoms with Crippen LogP contribution < -0.4 is 15.4 Å². The Balaban J connectivity index is 1.41. The molecule has 0 aliphatic rings. The van der Waals surface area contributed by atoms with Gasteiger partial charge in [0, 0.05) is 17.5 Å². The molecule has 6 nitrogen and oxygen atoms in total. The Labute approximate surface area is 179 Å². The molecule has 7 heteroatoms. The third kappa shape index (κ3) is 6.47. The first kappa shape index (κ1) is 21.1. The lowest BCUT2D eigenvalue weighted by atomic mass is 10.1. The van der Waals surface area contributed by atoms with E-state index in [1.165, 1.54) is 11.3 Å². The van der Waals surface area contributed by atoms with Crippen molar-refractivity contribution in [3.63, 3.8) is 0 Å². The Bertz CT molecular complexity index is 1020. The number of nitrogens with zero attached hydrogens (tertiary/aromatic N) is 1. The number of carbonyl (C=O) groups is 2. The zero-order valence-electron chi connectivity index (χ0n) is 16.3. The van der Waals surface area contributed by atoms with Gasteiger partial charge >= 0.3 is 0 Å². The average molecular weight is 420 g/mol. The van der Waals surface area contributed by atoms with E-state index in [1.807, 2.05) is 30.3 Å². The first-order chi connectivity index (χ1) is 14.6. The monoisotopic (exact) mass is 419 g/mol. The Hall–Kier alpha value is -3.63. The van der Waals surface area contributed by atoms with Gasteiger partial charge in [-0.05, 0) is 36.2 Å². The number of terminal acetylenes is 1. The summed E-state index contributed by atoms with van der Waals surface area (Å²) < 4.78 is 5.33. The lowest BCUT2D eigenvalue weighted by Gasteiger charge is -2.06. The van der Waals surface area contributed by atoms with Crippen LogP contribution in [-0.4, -0.2) is 29.9 Å². The van der Waals surface area contributed by atoms with Crippen LogP contribution in [0.15, 0.2) is 60.0 Å². The molecule has 30 heavy (non-hydrogen) atoms. The molecule has 0 saturated carbocycles. The standard InChI is InChI=1S/C23H21N3O3S/c1-2-14-29-20-10-8-17(9-11-20)12-13-24-21(27)15-19-16-30-23(25-19)26-22(28)18-6-4-3-5-7-18/h1,3-11,16H,12-15H2,(H,24,27)(H,25,26,28). The highest BCUT2D eigenvalue weighted by atomic mass is 32.1. The van der Waals surface area contributed by atoms with E-state index in [2.05, 4.69) is 21.5 Å². The number of ether oxygens (including phenoxy) is 1. The quantitative estimate of drug-likeness (QED) is 0.522. The van der Waals surface area contributed by atoms with Crippen LogP contribution in [0.1, 0.15) is 21.6 Å². The molecular weight excluding hydrogens is 398 g/mol. The lowest BCUT2D eigenvalue weighted by molar-refractivity contribution is -0.120. The van der Waals surface area contributed by atoms with Crippen LogP contribution in [0, 0.1) is 12.3 Å². The van der Waals surface area contributed by atoms with Gasteiger partial charge in [-0.3, -0.25) is 14.9 Å². The molecular formula is C23H21N3O3S. The summed E-state index contributed by atoms with van der Waals surface area (Å²) in [7, 11) is 0. The molecule has 3 aromatic rings. The smallest absolute Gasteiger partial charge is 0.257 e. The van der Waals surface area contributed by atoms with E-state index < -0.39 is 0 Å². The van der Waals surface area contributed by atoms with E-state index in [-0.39, 0.29) is 24.8 Å². The number of amides is 2. The Morgan fingerprint density at radius 2 is 1.87 bits per heavy atom. The van der Waals surface area contributed by atoms with Crippen LogP contribution in [-0.2, 0) is 17.6 Å². The molecule has 1 aromatic heterocycles. The van der Waals surface area contributed by atoms with Gasteiger partial charge in [-0.25, -0.2) is 4.98 Å². The highest BCUT2D eigenvalue weighted by Gasteiger charge is 2.11. The summed E-state index contributed by atoms with van der Waals surface area (Å²) in [5, 5.41) is 7.88. The molecule has 0 atom stereocenters. The summed E-state index contributed by atoms with van der Waals surface area (Å²) in [5.74, 6) is 2.80. The van der Waals surface area contributed by atoms with Gasteiger partial charge in [0.2, 0.25) is 5.91 Å². The minimum Gasteiger partial charge on any atom is -0.481 e. The first-order valence-corrected chi connectivity index (χ1v) is 10.2. The summed E-state index contributed by atoms with van der Waals surface area (Å²) >= 11 is 1.29. The highest BCUT2D eigenvalue weighted by molar-refractivity contribution is 7.14. The molecule has 1 heterocycles. The number of aromatic nitrogens is 1. The predicted octanol–water partition coefficient (Wildman–Crippen LogP) is 3.31. The number of anilines is 1. The molecule has 0 bridgehead atoms. The van der Waals surface area contributed by atoms with Crippen LogP contribution >= 0.6 is 11.3 Å². The number of nitrogens with one attached hydrogen (secondary N) is 2. The minimum absolute atomic E-state index is 0.116. The van der Waals surface area contributed by atoms with Gasteiger partial charge in [0.15, 0.2) is 5.13 Å². The molecule has 0 aliphatic carbocycles. The average Bonchev–Trinajstić information content (AvgIpc) is 3.20. The number of hydrogen-bond acceptors (Lipinski definition) is 5. The zero-order valence-corrected chi connectivity index (χ0v) is 17.1. The molecule has 2 aromatic carbocycles. The third-order valence-electron chi connectivity index (χ3n) is 4.13. The van der Waals surface area contributed by atoms with E-state index in [1.54, 1.807) is 29.6 Å². The third-order valence-corrected chi connectivity index (χ3v) is 4.94. The molecule has 0 aliphatic heterocycles. The van der Waals surface area contributed by atoms with Gasteiger partial charge in [-0.15, -0.1) is 17.8 Å². The van der Waals surface area contributed by atoms with Gasteiger partial charge < -0.3 is 10.1 Å². The summed E-state index contributed by atoms with van der Waals surface area (Å²) in [4.78, 5) is 28.6. The molecule has 152 valence electrons. The van der Waals surface area contributed by atoms with Crippen LogP contribution in [0.5, 0.6) is 5.75 Å². The van der Waals surface area contributed by atoms with Gasteiger partial charge in [0.1, 0.15) is 12.4 Å². The van der Waals surface area contributed by atoms with Crippen molar-refractivity contribution in [2.45, 2.75) is 12.8 Å². The van der Waals surface area contributed by atoms with Crippen LogP contribution in [0.4, 0.5) is 5.13 Å². The molecule has 2 N–H and O–H groups in total. The molecule has 0 unspecified atom stereocenters. The number of thiazole rings is 1. The van der Waals surface area contributed by atoms with E-state index in [9.17, 15) is 9.59 Å². The van der Waals surface area contributed by atoms with Gasteiger partial charge in [0.25, 0.3) is 5.91 Å². The number of hydrogen-bond donors (Lipinski definition) is 2. The molecule has 0 radical (unpaired) electrons. The zero-order chi connectivity index (χ0) is 21.2. The fraction of sp³-hybridized carbons (Fsp3) is 0.174.